The summed E-state index contributed by atoms with van der Waals surface area (Å²) < 4.78 is 17.9. The molecule has 0 saturated heterocycles. The van der Waals surface area contributed by atoms with Crippen LogP contribution in [0, 0.1) is 5.82 Å². The first-order valence-electron chi connectivity index (χ1n) is 4.22. The topological polar surface area (TPSA) is 9.23 Å². The Bertz CT molecular complexity index is 266. The molecule has 0 radical (unpaired) electrons. The molecule has 1 rings (SSSR count). The fraction of sp³-hybridized carbons (Fsp3) is 0.273. The van der Waals surface area contributed by atoms with Crippen LogP contribution < -0.4 is 0 Å². The Hall–Kier alpha value is -1.15. The van der Waals surface area contributed by atoms with Gasteiger partial charge in [0.2, 0.25) is 0 Å². The van der Waals surface area contributed by atoms with Crippen LogP contribution in [0.25, 0.3) is 0 Å². The smallest absolute Gasteiger partial charge is 0.123 e. The first-order valence-corrected chi connectivity index (χ1v) is 4.22. The van der Waals surface area contributed by atoms with E-state index in [1.165, 1.54) is 12.1 Å². The molecule has 0 heterocycles. The van der Waals surface area contributed by atoms with Crippen molar-refractivity contribution in [2.24, 2.45) is 0 Å². The van der Waals surface area contributed by atoms with Crippen LogP contribution >= 0.6 is 0 Å². The number of benzene rings is 1. The van der Waals surface area contributed by atoms with Crippen molar-refractivity contribution >= 4 is 0 Å². The van der Waals surface area contributed by atoms with E-state index >= 15 is 0 Å². The SMILES string of the molecule is C=CCO[C@@H](C)c1ccc(F)cc1. The predicted molar refractivity (Wildman–Crippen MR) is 51.0 cm³/mol. The van der Waals surface area contributed by atoms with E-state index < -0.39 is 0 Å². The van der Waals surface area contributed by atoms with E-state index in [9.17, 15) is 4.39 Å². The number of rotatable bonds is 4. The van der Waals surface area contributed by atoms with Crippen LogP contribution in [0.4, 0.5) is 4.39 Å². The molecule has 0 fully saturated rings. The van der Waals surface area contributed by atoms with E-state index in [-0.39, 0.29) is 11.9 Å². The highest BCUT2D eigenvalue weighted by Crippen LogP contribution is 2.16. The average Bonchev–Trinajstić information content (AvgIpc) is 2.15. The zero-order chi connectivity index (χ0) is 9.68. The zero-order valence-electron chi connectivity index (χ0n) is 7.66. The van der Waals surface area contributed by atoms with Crippen molar-refractivity contribution in [2.75, 3.05) is 6.61 Å². The van der Waals surface area contributed by atoms with Gasteiger partial charge in [0.25, 0.3) is 0 Å². The molecule has 1 nitrogen and oxygen atoms in total. The van der Waals surface area contributed by atoms with Crippen LogP contribution in [0.5, 0.6) is 0 Å². The van der Waals surface area contributed by atoms with Crippen LogP contribution in [0.1, 0.15) is 18.6 Å². The molecule has 13 heavy (non-hydrogen) atoms. The maximum absolute atomic E-state index is 12.5. The van der Waals surface area contributed by atoms with Crippen LogP contribution in [-0.4, -0.2) is 6.61 Å². The second-order valence-corrected chi connectivity index (χ2v) is 2.82. The highest BCUT2D eigenvalue weighted by atomic mass is 19.1. The van der Waals surface area contributed by atoms with E-state index in [1.54, 1.807) is 18.2 Å². The van der Waals surface area contributed by atoms with Gasteiger partial charge in [0.15, 0.2) is 0 Å². The van der Waals surface area contributed by atoms with E-state index in [1.807, 2.05) is 6.92 Å². The minimum atomic E-state index is -0.223. The minimum absolute atomic E-state index is 0.0152. The summed E-state index contributed by atoms with van der Waals surface area (Å²) in [5.41, 5.74) is 0.975. The number of ether oxygens (including phenoxy) is 1. The maximum Gasteiger partial charge on any atom is 0.123 e. The number of hydrogen-bond acceptors (Lipinski definition) is 1. The third-order valence-electron chi connectivity index (χ3n) is 1.80. The summed E-state index contributed by atoms with van der Waals surface area (Å²) in [7, 11) is 0. The Labute approximate surface area is 77.8 Å². The molecule has 0 aliphatic rings. The Morgan fingerprint density at radius 1 is 1.46 bits per heavy atom. The minimum Gasteiger partial charge on any atom is -0.370 e. The van der Waals surface area contributed by atoms with Gasteiger partial charge in [-0.05, 0) is 24.6 Å². The van der Waals surface area contributed by atoms with Gasteiger partial charge in [-0.2, -0.15) is 0 Å². The monoisotopic (exact) mass is 180 g/mol. The summed E-state index contributed by atoms with van der Waals surface area (Å²) in [5, 5.41) is 0. The summed E-state index contributed by atoms with van der Waals surface area (Å²) in [6.07, 6.45) is 1.68. The molecule has 1 aromatic carbocycles. The fourth-order valence-corrected chi connectivity index (χ4v) is 1.04. The van der Waals surface area contributed by atoms with Crippen molar-refractivity contribution in [2.45, 2.75) is 13.0 Å². The third kappa shape index (κ3) is 2.99. The number of hydrogen-bond donors (Lipinski definition) is 0. The van der Waals surface area contributed by atoms with Gasteiger partial charge in [0, 0.05) is 0 Å². The largest absolute Gasteiger partial charge is 0.370 e. The van der Waals surface area contributed by atoms with Gasteiger partial charge in [0.1, 0.15) is 5.82 Å². The van der Waals surface area contributed by atoms with Gasteiger partial charge in [-0.3, -0.25) is 0 Å². The quantitative estimate of drug-likeness (QED) is 0.647. The second-order valence-electron chi connectivity index (χ2n) is 2.82. The maximum atomic E-state index is 12.5. The third-order valence-corrected chi connectivity index (χ3v) is 1.80. The second kappa shape index (κ2) is 4.77. The Morgan fingerprint density at radius 3 is 2.62 bits per heavy atom. The van der Waals surface area contributed by atoms with Crippen molar-refractivity contribution in [3.63, 3.8) is 0 Å². The lowest BCUT2D eigenvalue weighted by Crippen LogP contribution is -1.99. The highest BCUT2D eigenvalue weighted by Gasteiger charge is 2.03. The van der Waals surface area contributed by atoms with E-state index in [2.05, 4.69) is 6.58 Å². The predicted octanol–water partition coefficient (Wildman–Crippen LogP) is 3.09. The molecule has 0 aliphatic heterocycles. The Morgan fingerprint density at radius 2 is 2.08 bits per heavy atom. The first-order chi connectivity index (χ1) is 6.24. The summed E-state index contributed by atoms with van der Waals surface area (Å²) in [6, 6.07) is 6.32. The molecule has 1 aromatic rings. The summed E-state index contributed by atoms with van der Waals surface area (Å²) in [6.45, 7) is 6.00. The van der Waals surface area contributed by atoms with Crippen LogP contribution in [0.2, 0.25) is 0 Å². The Kier molecular flexibility index (Phi) is 3.65. The summed E-state index contributed by atoms with van der Waals surface area (Å²) in [5.74, 6) is -0.223. The fourth-order valence-electron chi connectivity index (χ4n) is 1.04. The van der Waals surface area contributed by atoms with Gasteiger partial charge >= 0.3 is 0 Å². The molecule has 0 N–H and O–H groups in total. The van der Waals surface area contributed by atoms with Gasteiger partial charge < -0.3 is 4.74 Å². The molecular formula is C11H13FO. The highest BCUT2D eigenvalue weighted by molar-refractivity contribution is 5.18. The summed E-state index contributed by atoms with van der Waals surface area (Å²) in [4.78, 5) is 0. The first kappa shape index (κ1) is 9.93. The zero-order valence-corrected chi connectivity index (χ0v) is 7.66. The van der Waals surface area contributed by atoms with Crippen molar-refractivity contribution in [3.8, 4) is 0 Å². The molecule has 1 atom stereocenters. The van der Waals surface area contributed by atoms with Crippen molar-refractivity contribution < 1.29 is 9.13 Å². The molecule has 0 aromatic heterocycles. The lowest BCUT2D eigenvalue weighted by atomic mass is 10.1. The van der Waals surface area contributed by atoms with Gasteiger partial charge in [-0.15, -0.1) is 6.58 Å². The van der Waals surface area contributed by atoms with Gasteiger partial charge in [-0.25, -0.2) is 4.39 Å². The van der Waals surface area contributed by atoms with E-state index in [0.717, 1.165) is 5.56 Å². The van der Waals surface area contributed by atoms with Crippen LogP contribution in [0.3, 0.4) is 0 Å². The molecule has 0 saturated carbocycles. The normalized spacial score (nSPS) is 12.5. The molecule has 2 heteroatoms. The standard InChI is InChI=1S/C11H13FO/c1-3-8-13-9(2)10-4-6-11(12)7-5-10/h3-7,9H,1,8H2,2H3/t9-/m0/s1. The van der Waals surface area contributed by atoms with Crippen molar-refractivity contribution in [3.05, 3.63) is 48.3 Å². The van der Waals surface area contributed by atoms with Crippen molar-refractivity contribution in [1.82, 2.24) is 0 Å². The van der Waals surface area contributed by atoms with Crippen LogP contribution in [-0.2, 0) is 4.74 Å². The average molecular weight is 180 g/mol. The van der Waals surface area contributed by atoms with Crippen LogP contribution in [0.15, 0.2) is 36.9 Å². The van der Waals surface area contributed by atoms with E-state index in [0.29, 0.717) is 6.61 Å². The molecule has 70 valence electrons. The lowest BCUT2D eigenvalue weighted by Gasteiger charge is -2.11. The Balaban J connectivity index is 2.60. The van der Waals surface area contributed by atoms with Crippen molar-refractivity contribution in [1.29, 1.82) is 0 Å². The molecule has 0 bridgehead atoms. The molecule has 0 spiro atoms. The summed E-state index contributed by atoms with van der Waals surface area (Å²) >= 11 is 0. The molecule has 0 aliphatic carbocycles. The van der Waals surface area contributed by atoms with E-state index in [4.69, 9.17) is 4.74 Å². The molecule has 0 amide bonds. The number of halogens is 1. The van der Waals surface area contributed by atoms with Gasteiger partial charge in [0.05, 0.1) is 12.7 Å². The lowest BCUT2D eigenvalue weighted by molar-refractivity contribution is 0.0887. The molecule has 0 unspecified atom stereocenters. The van der Waals surface area contributed by atoms with Gasteiger partial charge in [-0.1, -0.05) is 18.2 Å². The molecular weight excluding hydrogens is 167 g/mol.